The Bertz CT molecular complexity index is 1380. The number of benzene rings is 2. The van der Waals surface area contributed by atoms with E-state index in [0.717, 1.165) is 78.6 Å². The van der Waals surface area contributed by atoms with Gasteiger partial charge in [-0.1, -0.05) is 42.4 Å². The number of piperazine rings is 1. The van der Waals surface area contributed by atoms with Gasteiger partial charge < -0.3 is 24.3 Å². The number of amides is 1. The van der Waals surface area contributed by atoms with Crippen LogP contribution >= 0.6 is 11.6 Å². The molecule has 4 heterocycles. The molecule has 0 aliphatic carbocycles. The zero-order chi connectivity index (χ0) is 26.9. The van der Waals surface area contributed by atoms with E-state index in [4.69, 9.17) is 26.3 Å². The molecule has 1 amide bonds. The van der Waals surface area contributed by atoms with Gasteiger partial charge in [0.05, 0.1) is 23.9 Å². The van der Waals surface area contributed by atoms with E-state index in [0.29, 0.717) is 38.2 Å². The van der Waals surface area contributed by atoms with E-state index in [1.165, 1.54) is 11.6 Å². The van der Waals surface area contributed by atoms with Crippen LogP contribution in [0.5, 0.6) is 6.01 Å². The molecule has 39 heavy (non-hydrogen) atoms. The highest BCUT2D eigenvalue weighted by molar-refractivity contribution is 6.36. The molecule has 2 fully saturated rings. The molecule has 0 saturated carbocycles. The number of aromatic nitrogens is 2. The van der Waals surface area contributed by atoms with Crippen LogP contribution in [-0.4, -0.2) is 85.1 Å². The van der Waals surface area contributed by atoms with Gasteiger partial charge in [0.1, 0.15) is 5.82 Å². The van der Waals surface area contributed by atoms with Crippen molar-refractivity contribution >= 4 is 39.8 Å². The first-order valence-electron chi connectivity index (χ1n) is 13.8. The first-order valence-corrected chi connectivity index (χ1v) is 14.2. The number of fused-ring (bicyclic) bond motifs is 2. The Morgan fingerprint density at radius 3 is 2.62 bits per heavy atom. The minimum atomic E-state index is -0.0192. The quantitative estimate of drug-likeness (QED) is 0.433. The Morgan fingerprint density at radius 2 is 1.87 bits per heavy atom. The predicted molar refractivity (Wildman–Crippen MR) is 156 cm³/mol. The fourth-order valence-electron chi connectivity index (χ4n) is 6.08. The number of nitrogens with zero attached hydrogens (tertiary/aromatic N) is 6. The predicted octanol–water partition coefficient (Wildman–Crippen LogP) is 4.01. The van der Waals surface area contributed by atoms with Gasteiger partial charge in [0.15, 0.2) is 0 Å². The van der Waals surface area contributed by atoms with Crippen LogP contribution in [0.2, 0.25) is 5.02 Å². The van der Waals surface area contributed by atoms with Crippen molar-refractivity contribution < 1.29 is 9.53 Å². The van der Waals surface area contributed by atoms with Crippen molar-refractivity contribution in [3.8, 4) is 6.01 Å². The second kappa shape index (κ2) is 11.0. The lowest BCUT2D eigenvalue weighted by Gasteiger charge is -2.38. The minimum Gasteiger partial charge on any atom is -0.463 e. The lowest BCUT2D eigenvalue weighted by Crippen LogP contribution is -2.49. The molecule has 0 unspecified atom stereocenters. The average molecular weight is 547 g/mol. The summed E-state index contributed by atoms with van der Waals surface area (Å²) in [6, 6.07) is 12.8. The lowest BCUT2D eigenvalue weighted by atomic mass is 10.0. The third kappa shape index (κ3) is 5.28. The molecule has 3 aliphatic rings. The fraction of sp³-hybridized carbons (Fsp3) is 0.433. The fourth-order valence-corrected chi connectivity index (χ4v) is 6.36. The molecular formula is C30H35ClN6O2. The van der Waals surface area contributed by atoms with Crippen LogP contribution in [0.15, 0.2) is 49.1 Å². The van der Waals surface area contributed by atoms with Gasteiger partial charge in [-0.2, -0.15) is 9.97 Å². The van der Waals surface area contributed by atoms with Crippen LogP contribution in [0.3, 0.4) is 0 Å². The molecule has 3 aromatic rings. The summed E-state index contributed by atoms with van der Waals surface area (Å²) in [5.41, 5.74) is 3.30. The van der Waals surface area contributed by atoms with Crippen molar-refractivity contribution in [1.82, 2.24) is 19.8 Å². The first-order chi connectivity index (χ1) is 19.0. The Morgan fingerprint density at radius 1 is 1.08 bits per heavy atom. The normalized spacial score (nSPS) is 19.8. The third-order valence-electron chi connectivity index (χ3n) is 8.20. The molecule has 1 aromatic heterocycles. The van der Waals surface area contributed by atoms with Crippen LogP contribution in [0, 0.1) is 5.92 Å². The molecule has 0 spiro atoms. The van der Waals surface area contributed by atoms with E-state index in [-0.39, 0.29) is 5.91 Å². The van der Waals surface area contributed by atoms with E-state index in [9.17, 15) is 4.79 Å². The number of hydrogen-bond donors (Lipinski definition) is 0. The summed E-state index contributed by atoms with van der Waals surface area (Å²) < 4.78 is 6.25. The number of hydrogen-bond acceptors (Lipinski definition) is 7. The molecule has 0 N–H and O–H groups in total. The number of rotatable bonds is 6. The van der Waals surface area contributed by atoms with Crippen molar-refractivity contribution in [3.63, 3.8) is 0 Å². The van der Waals surface area contributed by atoms with E-state index < -0.39 is 0 Å². The van der Waals surface area contributed by atoms with Gasteiger partial charge in [-0.15, -0.1) is 0 Å². The molecule has 8 nitrogen and oxygen atoms in total. The summed E-state index contributed by atoms with van der Waals surface area (Å²) in [5.74, 6) is 1.41. The van der Waals surface area contributed by atoms with E-state index in [1.807, 2.05) is 17.0 Å². The van der Waals surface area contributed by atoms with Crippen LogP contribution < -0.4 is 14.5 Å². The maximum atomic E-state index is 12.1. The molecule has 1 atom stereocenters. The summed E-state index contributed by atoms with van der Waals surface area (Å²) in [4.78, 5) is 30.9. The SMILES string of the molecule is C=CC(=O)N1CCN(c2nc(OC[C@@H]3CCN(C)C3)nc3c2CCN(c2cccc4cccc(Cl)c24)C3)CC1. The third-order valence-corrected chi connectivity index (χ3v) is 8.51. The summed E-state index contributed by atoms with van der Waals surface area (Å²) in [5, 5.41) is 2.96. The summed E-state index contributed by atoms with van der Waals surface area (Å²) in [7, 11) is 2.15. The van der Waals surface area contributed by atoms with Crippen LogP contribution in [0.4, 0.5) is 11.5 Å². The highest BCUT2D eigenvalue weighted by atomic mass is 35.5. The Labute approximate surface area is 234 Å². The molecule has 9 heteroatoms. The van der Waals surface area contributed by atoms with Gasteiger partial charge in [0.2, 0.25) is 5.91 Å². The molecule has 2 aromatic carbocycles. The molecule has 0 bridgehead atoms. The number of likely N-dealkylation sites (tertiary alicyclic amines) is 1. The Hall–Kier alpha value is -3.36. The van der Waals surface area contributed by atoms with Gasteiger partial charge in [0.25, 0.3) is 0 Å². The van der Waals surface area contributed by atoms with E-state index in [1.54, 1.807) is 0 Å². The zero-order valence-corrected chi connectivity index (χ0v) is 23.2. The molecular weight excluding hydrogens is 512 g/mol. The number of ether oxygens (including phenoxy) is 1. The van der Waals surface area contributed by atoms with Crippen molar-refractivity contribution in [2.24, 2.45) is 5.92 Å². The summed E-state index contributed by atoms with van der Waals surface area (Å²) in [6.07, 6.45) is 3.34. The van der Waals surface area contributed by atoms with Gasteiger partial charge in [-0.05, 0) is 50.0 Å². The largest absolute Gasteiger partial charge is 0.463 e. The number of anilines is 2. The molecule has 3 aliphatic heterocycles. The van der Waals surface area contributed by atoms with E-state index >= 15 is 0 Å². The number of carbonyl (C=O) groups excluding carboxylic acids is 1. The van der Waals surface area contributed by atoms with Crippen molar-refractivity contribution in [3.05, 3.63) is 65.3 Å². The number of carbonyl (C=O) groups is 1. The molecule has 0 radical (unpaired) electrons. The molecule has 204 valence electrons. The van der Waals surface area contributed by atoms with Crippen LogP contribution in [0.1, 0.15) is 17.7 Å². The maximum absolute atomic E-state index is 12.1. The monoisotopic (exact) mass is 546 g/mol. The van der Waals surface area contributed by atoms with Crippen molar-refractivity contribution in [1.29, 1.82) is 0 Å². The van der Waals surface area contributed by atoms with Gasteiger partial charge in [-0.3, -0.25) is 4.79 Å². The maximum Gasteiger partial charge on any atom is 0.318 e. The highest BCUT2D eigenvalue weighted by Gasteiger charge is 2.29. The van der Waals surface area contributed by atoms with Gasteiger partial charge in [-0.25, -0.2) is 0 Å². The second-order valence-corrected chi connectivity index (χ2v) is 11.2. The highest BCUT2D eigenvalue weighted by Crippen LogP contribution is 2.37. The zero-order valence-electron chi connectivity index (χ0n) is 22.5. The van der Waals surface area contributed by atoms with Crippen LogP contribution in [-0.2, 0) is 17.8 Å². The van der Waals surface area contributed by atoms with Crippen molar-refractivity contribution in [2.45, 2.75) is 19.4 Å². The molecule has 6 rings (SSSR count). The van der Waals surface area contributed by atoms with E-state index in [2.05, 4.69) is 52.6 Å². The number of halogens is 1. The first kappa shape index (κ1) is 25.9. The summed E-state index contributed by atoms with van der Waals surface area (Å²) >= 11 is 6.68. The van der Waals surface area contributed by atoms with Gasteiger partial charge >= 0.3 is 6.01 Å². The average Bonchev–Trinajstić information content (AvgIpc) is 3.39. The Kier molecular flexibility index (Phi) is 7.32. The van der Waals surface area contributed by atoms with Crippen molar-refractivity contribution in [2.75, 3.05) is 69.3 Å². The van der Waals surface area contributed by atoms with Gasteiger partial charge in [0, 0.05) is 61.8 Å². The smallest absolute Gasteiger partial charge is 0.318 e. The second-order valence-electron chi connectivity index (χ2n) is 10.8. The minimum absolute atomic E-state index is 0.0192. The standard InChI is InChI=1S/C30H35ClN6O2/c1-3-27(38)35-14-16-36(17-15-35)29-23-11-13-37(26-9-5-7-22-6-4-8-24(31)28(22)26)19-25(23)32-30(33-29)39-20-21-10-12-34(2)18-21/h3-9,21H,1,10-20H2,2H3/t21-/m1/s1. The lowest BCUT2D eigenvalue weighted by molar-refractivity contribution is -0.126. The van der Waals surface area contributed by atoms with Crippen LogP contribution in [0.25, 0.3) is 10.8 Å². The summed E-state index contributed by atoms with van der Waals surface area (Å²) in [6.45, 7) is 10.6. The molecule has 2 saturated heterocycles. The Balaban J connectivity index is 1.30. The topological polar surface area (TPSA) is 65.0 Å².